The molecule has 3 aromatic rings. The van der Waals surface area contributed by atoms with Gasteiger partial charge in [-0.25, -0.2) is 0 Å². The van der Waals surface area contributed by atoms with Crippen molar-refractivity contribution in [1.82, 2.24) is 20.2 Å². The smallest absolute Gasteiger partial charge is 0.416 e. The SMILES string of the molecule is CC[C@@H]1C[C@H](N(Cc2cc(C(F)(F)F)cc(C(F)(F)F)c2)c2nnn(C)n2)c2cc(C(F)(F)F)ccc2N1C(=O)C1CCC(C(=O)O)CC1. The van der Waals surface area contributed by atoms with Crippen LogP contribution in [0.4, 0.5) is 51.1 Å². The molecule has 1 N–H and O–H groups in total. The molecule has 9 nitrogen and oxygen atoms in total. The molecular weight excluding hydrogens is 675 g/mol. The minimum absolute atomic E-state index is 0.0273. The number of fused-ring (bicyclic) bond motifs is 1. The highest BCUT2D eigenvalue weighted by molar-refractivity contribution is 5.97. The number of halogens is 9. The lowest BCUT2D eigenvalue weighted by molar-refractivity contribution is -0.144. The Morgan fingerprint density at radius 3 is 1.92 bits per heavy atom. The Morgan fingerprint density at radius 1 is 0.857 bits per heavy atom. The molecule has 0 radical (unpaired) electrons. The summed E-state index contributed by atoms with van der Waals surface area (Å²) in [4.78, 5) is 29.1. The number of nitrogens with zero attached hydrogens (tertiary/aromatic N) is 6. The van der Waals surface area contributed by atoms with Gasteiger partial charge in [0.25, 0.3) is 5.95 Å². The van der Waals surface area contributed by atoms with Gasteiger partial charge in [0.05, 0.1) is 35.7 Å². The molecular formula is C31H31F9N6O3. The predicted molar refractivity (Wildman–Crippen MR) is 155 cm³/mol. The van der Waals surface area contributed by atoms with Crippen LogP contribution in [0.5, 0.6) is 0 Å². The Kier molecular flexibility index (Phi) is 9.64. The van der Waals surface area contributed by atoms with Crippen LogP contribution >= 0.6 is 0 Å². The molecule has 2 aliphatic rings. The Balaban J connectivity index is 1.64. The molecule has 266 valence electrons. The normalized spacial score (nSPS) is 21.7. The molecule has 1 aliphatic carbocycles. The van der Waals surface area contributed by atoms with Crippen molar-refractivity contribution < 1.29 is 54.2 Å². The second-order valence-corrected chi connectivity index (χ2v) is 12.3. The van der Waals surface area contributed by atoms with Crippen molar-refractivity contribution in [3.05, 3.63) is 64.2 Å². The van der Waals surface area contributed by atoms with Gasteiger partial charge in [-0.3, -0.25) is 9.59 Å². The molecule has 1 fully saturated rings. The van der Waals surface area contributed by atoms with E-state index in [0.29, 0.717) is 12.1 Å². The number of anilines is 2. The van der Waals surface area contributed by atoms with Crippen molar-refractivity contribution in [2.45, 2.75) is 82.6 Å². The maximum Gasteiger partial charge on any atom is 0.416 e. The second-order valence-electron chi connectivity index (χ2n) is 12.3. The van der Waals surface area contributed by atoms with Crippen LogP contribution in [0.25, 0.3) is 0 Å². The van der Waals surface area contributed by atoms with E-state index in [2.05, 4.69) is 15.4 Å². The number of hydrogen-bond donors (Lipinski definition) is 1. The van der Waals surface area contributed by atoms with E-state index in [4.69, 9.17) is 0 Å². The summed E-state index contributed by atoms with van der Waals surface area (Å²) in [5.41, 5.74) is -4.70. The highest BCUT2D eigenvalue weighted by atomic mass is 19.4. The first-order valence-electron chi connectivity index (χ1n) is 15.3. The van der Waals surface area contributed by atoms with Crippen molar-refractivity contribution in [3.8, 4) is 0 Å². The third-order valence-corrected chi connectivity index (χ3v) is 9.10. The molecule has 1 aromatic heterocycles. The van der Waals surface area contributed by atoms with Crippen LogP contribution in [0.2, 0.25) is 0 Å². The number of carbonyl (C=O) groups is 2. The van der Waals surface area contributed by atoms with Gasteiger partial charge < -0.3 is 14.9 Å². The number of aliphatic carboxylic acids is 1. The molecule has 49 heavy (non-hydrogen) atoms. The van der Waals surface area contributed by atoms with E-state index >= 15 is 0 Å². The van der Waals surface area contributed by atoms with Crippen LogP contribution in [0, 0.1) is 11.8 Å². The van der Waals surface area contributed by atoms with Crippen LogP contribution in [0.15, 0.2) is 36.4 Å². The van der Waals surface area contributed by atoms with Gasteiger partial charge in [0, 0.05) is 24.2 Å². The fourth-order valence-electron chi connectivity index (χ4n) is 6.65. The molecule has 18 heteroatoms. The van der Waals surface area contributed by atoms with Gasteiger partial charge in [0.2, 0.25) is 5.91 Å². The largest absolute Gasteiger partial charge is 0.481 e. The molecule has 2 atom stereocenters. The zero-order chi connectivity index (χ0) is 36.1. The summed E-state index contributed by atoms with van der Waals surface area (Å²) in [6.45, 7) is 1.04. The lowest BCUT2D eigenvalue weighted by Gasteiger charge is -2.45. The Hall–Kier alpha value is -4.38. The second kappa shape index (κ2) is 13.2. The predicted octanol–water partition coefficient (Wildman–Crippen LogP) is 7.42. The molecule has 0 bridgehead atoms. The Bertz CT molecular complexity index is 1660. The molecule has 2 heterocycles. The first-order chi connectivity index (χ1) is 22.8. The number of aryl methyl sites for hydroxylation is 1. The number of tetrazole rings is 1. The summed E-state index contributed by atoms with van der Waals surface area (Å²) < 4.78 is 125. The van der Waals surface area contributed by atoms with E-state index in [-0.39, 0.29) is 61.8 Å². The number of hydrogen-bond acceptors (Lipinski definition) is 6. The standard InChI is InChI=1S/C31H31F9N6O3/c1-3-22-14-25(45(28-41-43-44(2)42-28)15-16-10-20(30(35,36)37)12-21(11-16)31(38,39)40)23-13-19(29(32,33)34)8-9-24(23)46(22)26(47)17-4-6-18(7-5-17)27(48)49/h8-13,17-18,22,25H,3-7,14-15H2,1-2H3,(H,48,49)/t17?,18?,22-,25+/m1/s1. The number of alkyl halides is 9. The summed E-state index contributed by atoms with van der Waals surface area (Å²) >= 11 is 0. The molecule has 1 saturated carbocycles. The van der Waals surface area contributed by atoms with Crippen LogP contribution in [0.3, 0.4) is 0 Å². The lowest BCUT2D eigenvalue weighted by atomic mass is 9.80. The van der Waals surface area contributed by atoms with Crippen LogP contribution < -0.4 is 9.80 Å². The van der Waals surface area contributed by atoms with Gasteiger partial charge in [0.1, 0.15) is 0 Å². The van der Waals surface area contributed by atoms with Gasteiger partial charge in [0.15, 0.2) is 0 Å². The third-order valence-electron chi connectivity index (χ3n) is 9.10. The number of carbonyl (C=O) groups excluding carboxylic acids is 1. The molecule has 1 amide bonds. The number of amides is 1. The molecule has 5 rings (SSSR count). The molecule has 2 aromatic carbocycles. The summed E-state index contributed by atoms with van der Waals surface area (Å²) in [5, 5.41) is 21.1. The fourth-order valence-corrected chi connectivity index (χ4v) is 6.65. The van der Waals surface area contributed by atoms with E-state index in [1.165, 1.54) is 16.8 Å². The molecule has 0 unspecified atom stereocenters. The van der Waals surface area contributed by atoms with E-state index < -0.39 is 83.1 Å². The number of aromatic nitrogens is 4. The maximum atomic E-state index is 14.1. The monoisotopic (exact) mass is 706 g/mol. The van der Waals surface area contributed by atoms with E-state index in [0.717, 1.165) is 23.0 Å². The van der Waals surface area contributed by atoms with Crippen LogP contribution in [-0.4, -0.2) is 43.2 Å². The quantitative estimate of drug-likeness (QED) is 0.255. The van der Waals surface area contributed by atoms with Gasteiger partial charge >= 0.3 is 24.5 Å². The number of carboxylic acids is 1. The number of rotatable bonds is 7. The van der Waals surface area contributed by atoms with Gasteiger partial charge in [-0.2, -0.15) is 44.3 Å². The van der Waals surface area contributed by atoms with Gasteiger partial charge in [-0.15, -0.1) is 5.10 Å². The topological polar surface area (TPSA) is 104 Å². The average Bonchev–Trinajstić information content (AvgIpc) is 3.46. The van der Waals surface area contributed by atoms with E-state index in [1.54, 1.807) is 6.92 Å². The van der Waals surface area contributed by atoms with E-state index in [9.17, 15) is 54.2 Å². The Morgan fingerprint density at radius 2 is 1.43 bits per heavy atom. The van der Waals surface area contributed by atoms with Crippen molar-refractivity contribution in [2.24, 2.45) is 18.9 Å². The number of carboxylic acid groups (broad SMARTS) is 1. The maximum absolute atomic E-state index is 14.1. The molecule has 1 aliphatic heterocycles. The number of benzene rings is 2. The fraction of sp³-hybridized carbons (Fsp3) is 0.516. The van der Waals surface area contributed by atoms with E-state index in [1.807, 2.05) is 0 Å². The summed E-state index contributed by atoms with van der Waals surface area (Å²) in [6, 6.07) is 1.91. The highest BCUT2D eigenvalue weighted by Crippen LogP contribution is 2.47. The summed E-state index contributed by atoms with van der Waals surface area (Å²) in [5.74, 6) is -2.90. The zero-order valence-corrected chi connectivity index (χ0v) is 26.1. The minimum Gasteiger partial charge on any atom is -0.481 e. The van der Waals surface area contributed by atoms with Crippen molar-refractivity contribution in [1.29, 1.82) is 0 Å². The van der Waals surface area contributed by atoms with Crippen LogP contribution in [0.1, 0.15) is 79.3 Å². The third kappa shape index (κ3) is 7.61. The summed E-state index contributed by atoms with van der Waals surface area (Å²) in [6.07, 6.45) is -14.0. The Labute approximate surface area is 273 Å². The lowest BCUT2D eigenvalue weighted by Crippen LogP contribution is -2.50. The van der Waals surface area contributed by atoms with Crippen LogP contribution in [-0.2, 0) is 41.7 Å². The van der Waals surface area contributed by atoms with Gasteiger partial charge in [-0.1, -0.05) is 12.0 Å². The van der Waals surface area contributed by atoms with Crippen molar-refractivity contribution >= 4 is 23.5 Å². The van der Waals surface area contributed by atoms with Crippen molar-refractivity contribution in [2.75, 3.05) is 9.80 Å². The van der Waals surface area contributed by atoms with Crippen molar-refractivity contribution in [3.63, 3.8) is 0 Å². The van der Waals surface area contributed by atoms with Gasteiger partial charge in [-0.05, 0) is 91.3 Å². The minimum atomic E-state index is -5.15. The molecule has 0 spiro atoms. The first kappa shape index (κ1) is 35.9. The average molecular weight is 707 g/mol. The highest BCUT2D eigenvalue weighted by Gasteiger charge is 2.44. The molecule has 0 saturated heterocycles. The first-order valence-corrected chi connectivity index (χ1v) is 15.3. The summed E-state index contributed by atoms with van der Waals surface area (Å²) in [7, 11) is 1.35. The zero-order valence-electron chi connectivity index (χ0n) is 26.1.